The molecule has 0 fully saturated rings. The Balaban J connectivity index is -0.00000161. The first-order valence-corrected chi connectivity index (χ1v) is 21.4. The normalized spacial score (nSPS) is 12.6. The fraction of sp³-hybridized carbons (Fsp3) is 0.667. The lowest BCUT2D eigenvalue weighted by Gasteiger charge is -2.34. The Kier molecular flexibility index (Phi) is 9.20. The maximum absolute atomic E-state index is 2.54. The smallest absolute Gasteiger partial charge is 0.0722 e. The largest absolute Gasteiger partial charge is 1.00 e. The van der Waals surface area contributed by atoms with Gasteiger partial charge in [0.25, 0.3) is 0 Å². The van der Waals surface area contributed by atoms with Crippen molar-refractivity contribution in [3.8, 4) is 0 Å². The molecule has 1 rings (SSSR count). The second kappa shape index (κ2) is 10.1. The fourth-order valence-corrected chi connectivity index (χ4v) is 19.4. The van der Waals surface area contributed by atoms with Gasteiger partial charge in [-0.05, 0) is 0 Å². The van der Waals surface area contributed by atoms with Gasteiger partial charge in [0.15, 0.2) is 0 Å². The minimum Gasteiger partial charge on any atom is -0.0722 e. The monoisotopic (exact) mass is 369 g/mol. The molecule has 0 saturated carbocycles. The van der Waals surface area contributed by atoms with Crippen LogP contribution in [0.4, 0.5) is 0 Å². The highest BCUT2D eigenvalue weighted by atomic mass is 28.3. The standard InChI is InChI=1S/C18H38Si4/c1-19(2)12-15-22(16-13-20(3)4,17-14-21(5)6)18-10-8-7-9-11-18/h7-11,19-21H,12-17H2,1-6H3/p+3. The van der Waals surface area contributed by atoms with E-state index in [4.69, 9.17) is 0 Å². The van der Waals surface area contributed by atoms with Gasteiger partial charge in [0.2, 0.25) is 0 Å². The topological polar surface area (TPSA) is 0 Å². The minimum atomic E-state index is -1.26. The third-order valence-electron chi connectivity index (χ3n) is 4.99. The van der Waals surface area contributed by atoms with Gasteiger partial charge in [-0.15, -0.1) is 0 Å². The molecule has 126 valence electrons. The molecule has 1 aromatic rings. The summed E-state index contributed by atoms with van der Waals surface area (Å²) in [5, 5.41) is 1.79. The quantitative estimate of drug-likeness (QED) is 0.501. The summed E-state index contributed by atoms with van der Waals surface area (Å²) in [6.45, 7) is 15.2. The van der Waals surface area contributed by atoms with Gasteiger partial charge in [-0.2, -0.15) is 0 Å². The summed E-state index contributed by atoms with van der Waals surface area (Å²) in [5.74, 6) is 0. The lowest BCUT2D eigenvalue weighted by molar-refractivity contribution is 1.16. The molecule has 0 aliphatic heterocycles. The summed E-state index contributed by atoms with van der Waals surface area (Å²) >= 11 is 0. The Labute approximate surface area is 150 Å². The first-order chi connectivity index (χ1) is 10.4. The van der Waals surface area contributed by atoms with Crippen LogP contribution in [-0.4, -0.2) is 34.5 Å². The third-order valence-corrected chi connectivity index (χ3v) is 16.3. The van der Waals surface area contributed by atoms with Gasteiger partial charge in [0, 0.05) is 26.4 Å². The van der Waals surface area contributed by atoms with Crippen molar-refractivity contribution < 1.29 is 4.28 Å². The SMILES string of the molecule is C[SiH](C)CC[Si](CC[SiH](C)C)(CC[SiH](C)C)c1ccccc1.[H+].[H+].[H+]. The first kappa shape index (κ1) is 20.1. The molecule has 4 heteroatoms. The van der Waals surface area contributed by atoms with Crippen LogP contribution in [0.2, 0.25) is 75.5 Å². The van der Waals surface area contributed by atoms with Crippen molar-refractivity contribution >= 4 is 39.7 Å². The lowest BCUT2D eigenvalue weighted by Crippen LogP contribution is -2.48. The van der Waals surface area contributed by atoms with Crippen molar-refractivity contribution in [3.63, 3.8) is 0 Å². The van der Waals surface area contributed by atoms with E-state index in [1.165, 1.54) is 0 Å². The molecular formula is C18H41Si4+3. The van der Waals surface area contributed by atoms with Gasteiger partial charge in [-0.25, -0.2) is 0 Å². The van der Waals surface area contributed by atoms with E-state index in [1.54, 1.807) is 41.5 Å². The Morgan fingerprint density at radius 1 is 0.682 bits per heavy atom. The number of rotatable bonds is 10. The highest BCUT2D eigenvalue weighted by Crippen LogP contribution is 2.29. The molecule has 0 radical (unpaired) electrons. The Morgan fingerprint density at radius 3 is 1.36 bits per heavy atom. The Morgan fingerprint density at radius 2 is 1.05 bits per heavy atom. The summed E-state index contributed by atoms with van der Waals surface area (Å²) in [6.07, 6.45) is 0. The van der Waals surface area contributed by atoms with Gasteiger partial charge in [-0.1, -0.05) is 111 Å². The van der Waals surface area contributed by atoms with Gasteiger partial charge < -0.3 is 0 Å². The molecule has 0 aliphatic rings. The van der Waals surface area contributed by atoms with Crippen LogP contribution >= 0.6 is 0 Å². The van der Waals surface area contributed by atoms with Crippen LogP contribution in [0, 0.1) is 0 Å². The zero-order valence-corrected chi connectivity index (χ0v) is 20.3. The highest BCUT2D eigenvalue weighted by molar-refractivity contribution is 6.93. The van der Waals surface area contributed by atoms with Gasteiger partial charge in [0.05, 0.1) is 8.07 Å². The minimum absolute atomic E-state index is 0. The fourth-order valence-electron chi connectivity index (χ4n) is 3.29. The van der Waals surface area contributed by atoms with Crippen molar-refractivity contribution in [2.45, 2.75) is 75.5 Å². The number of benzene rings is 1. The molecule has 0 unspecified atom stereocenters. The zero-order valence-electron chi connectivity index (χ0n) is 18.9. The van der Waals surface area contributed by atoms with Crippen LogP contribution in [-0.2, 0) is 0 Å². The molecule has 0 amide bonds. The van der Waals surface area contributed by atoms with Crippen LogP contribution in [0.3, 0.4) is 0 Å². The van der Waals surface area contributed by atoms with Gasteiger partial charge >= 0.3 is 4.28 Å². The second-order valence-corrected chi connectivity index (χ2v) is 23.2. The van der Waals surface area contributed by atoms with Crippen molar-refractivity contribution in [3.05, 3.63) is 30.3 Å². The summed E-state index contributed by atoms with van der Waals surface area (Å²) in [6, 6.07) is 21.2. The van der Waals surface area contributed by atoms with Crippen LogP contribution in [0.25, 0.3) is 0 Å². The maximum Gasteiger partial charge on any atom is 1.00 e. The second-order valence-electron chi connectivity index (χ2n) is 8.44. The average molecular weight is 370 g/mol. The molecule has 0 bridgehead atoms. The van der Waals surface area contributed by atoms with E-state index in [2.05, 4.69) is 69.6 Å². The summed E-state index contributed by atoms with van der Waals surface area (Å²) in [7, 11) is -2.56. The van der Waals surface area contributed by atoms with E-state index < -0.39 is 34.5 Å². The van der Waals surface area contributed by atoms with Gasteiger partial charge in [-0.3, -0.25) is 0 Å². The first-order valence-electron chi connectivity index (χ1n) is 9.41. The Bertz CT molecular complexity index is 383. The zero-order chi connectivity index (χ0) is 16.6. The van der Waals surface area contributed by atoms with Crippen LogP contribution in [0.1, 0.15) is 4.28 Å². The molecule has 0 heterocycles. The van der Waals surface area contributed by atoms with Crippen molar-refractivity contribution in [1.29, 1.82) is 0 Å². The van der Waals surface area contributed by atoms with E-state index in [1.807, 2.05) is 0 Å². The predicted octanol–water partition coefficient (Wildman–Crippen LogP) is 5.14. The number of hydrogen-bond donors (Lipinski definition) is 0. The average Bonchev–Trinajstić information content (AvgIpc) is 2.47. The molecule has 0 atom stereocenters. The highest BCUT2D eigenvalue weighted by Gasteiger charge is 2.34. The Hall–Kier alpha value is 0.0875. The lowest BCUT2D eigenvalue weighted by atomic mass is 10.4. The summed E-state index contributed by atoms with van der Waals surface area (Å²) < 4.78 is 0. The molecule has 1 aromatic carbocycles. The van der Waals surface area contributed by atoms with Crippen LogP contribution in [0.15, 0.2) is 30.3 Å². The van der Waals surface area contributed by atoms with Crippen LogP contribution in [0.5, 0.6) is 0 Å². The predicted molar refractivity (Wildman–Crippen MR) is 121 cm³/mol. The molecule has 0 aromatic heterocycles. The van der Waals surface area contributed by atoms with E-state index in [9.17, 15) is 0 Å². The van der Waals surface area contributed by atoms with Crippen LogP contribution < -0.4 is 5.19 Å². The summed E-state index contributed by atoms with van der Waals surface area (Å²) in [5.41, 5.74) is 0. The molecule has 0 nitrogen and oxygen atoms in total. The van der Waals surface area contributed by atoms with Crippen molar-refractivity contribution in [2.75, 3.05) is 0 Å². The molecule has 0 N–H and O–H groups in total. The molecule has 0 spiro atoms. The maximum atomic E-state index is 2.54. The number of hydrogen-bond acceptors (Lipinski definition) is 0. The molecule has 0 saturated heterocycles. The van der Waals surface area contributed by atoms with Gasteiger partial charge in [0.1, 0.15) is 0 Å². The third kappa shape index (κ3) is 7.11. The van der Waals surface area contributed by atoms with Crippen molar-refractivity contribution in [1.82, 2.24) is 0 Å². The van der Waals surface area contributed by atoms with E-state index in [-0.39, 0.29) is 4.28 Å². The molecule has 0 aliphatic carbocycles. The summed E-state index contributed by atoms with van der Waals surface area (Å²) in [4.78, 5) is 0. The van der Waals surface area contributed by atoms with E-state index >= 15 is 0 Å². The molecular weight excluding hydrogens is 329 g/mol. The molecule has 22 heavy (non-hydrogen) atoms. The van der Waals surface area contributed by atoms with E-state index in [0.29, 0.717) is 0 Å². The van der Waals surface area contributed by atoms with E-state index in [0.717, 1.165) is 0 Å². The van der Waals surface area contributed by atoms with Crippen molar-refractivity contribution in [2.24, 2.45) is 0 Å².